The molecule has 1 aliphatic rings. The predicted molar refractivity (Wildman–Crippen MR) is 97.9 cm³/mol. The summed E-state index contributed by atoms with van der Waals surface area (Å²) in [5.74, 6) is -1.63. The molecule has 1 aromatic heterocycles. The third-order valence-corrected chi connectivity index (χ3v) is 4.54. The van der Waals surface area contributed by atoms with Gasteiger partial charge < -0.3 is 10.1 Å². The van der Waals surface area contributed by atoms with Crippen molar-refractivity contribution in [3.05, 3.63) is 77.0 Å². The van der Waals surface area contributed by atoms with Crippen molar-refractivity contribution in [3.63, 3.8) is 0 Å². The second-order valence-corrected chi connectivity index (χ2v) is 6.36. The van der Waals surface area contributed by atoms with Gasteiger partial charge in [-0.3, -0.25) is 4.79 Å². The quantitative estimate of drug-likeness (QED) is 0.741. The van der Waals surface area contributed by atoms with E-state index in [-0.39, 0.29) is 5.82 Å². The topological polar surface area (TPSA) is 51.2 Å². The van der Waals surface area contributed by atoms with E-state index in [1.807, 2.05) is 13.0 Å². The van der Waals surface area contributed by atoms with E-state index in [9.17, 15) is 13.6 Å². The fraction of sp³-hybridized carbons (Fsp3) is 0.143. The molecule has 4 rings (SSSR count). The number of fused-ring (bicyclic) bond motifs is 1. The molecule has 0 bridgehead atoms. The highest BCUT2D eigenvalue weighted by Gasteiger charge is 2.18. The Morgan fingerprint density at radius 2 is 1.93 bits per heavy atom. The van der Waals surface area contributed by atoms with Gasteiger partial charge in [0.1, 0.15) is 28.8 Å². The molecule has 2 aromatic carbocycles. The Bertz CT molecular complexity index is 1010. The number of carbonyl (C=O) groups excluding carboxylic acids is 1. The lowest BCUT2D eigenvalue weighted by Crippen LogP contribution is -2.16. The van der Waals surface area contributed by atoms with E-state index in [1.165, 1.54) is 11.6 Å². The summed E-state index contributed by atoms with van der Waals surface area (Å²) in [5, 5.41) is 2.42. The van der Waals surface area contributed by atoms with Crippen LogP contribution in [-0.2, 0) is 6.42 Å². The summed E-state index contributed by atoms with van der Waals surface area (Å²) in [6.45, 7) is 2.71. The number of aryl methyl sites for hydroxylation is 1. The summed E-state index contributed by atoms with van der Waals surface area (Å²) in [5.41, 5.74) is 3.52. The molecule has 2 heterocycles. The number of rotatable bonds is 3. The van der Waals surface area contributed by atoms with Crippen LogP contribution in [0.1, 0.15) is 21.5 Å². The number of hydrogen-bond donors (Lipinski definition) is 1. The lowest BCUT2D eigenvalue weighted by atomic mass is 9.98. The van der Waals surface area contributed by atoms with Gasteiger partial charge >= 0.3 is 0 Å². The summed E-state index contributed by atoms with van der Waals surface area (Å²) in [6, 6.07) is 10.8. The molecule has 3 aromatic rings. The molecule has 6 heteroatoms. The van der Waals surface area contributed by atoms with Crippen LogP contribution < -0.4 is 10.1 Å². The Morgan fingerprint density at radius 1 is 1.15 bits per heavy atom. The van der Waals surface area contributed by atoms with E-state index in [1.54, 1.807) is 18.3 Å². The van der Waals surface area contributed by atoms with Crippen LogP contribution in [0.25, 0.3) is 11.1 Å². The maximum absolute atomic E-state index is 13.7. The fourth-order valence-electron chi connectivity index (χ4n) is 3.18. The molecule has 136 valence electrons. The first-order valence-electron chi connectivity index (χ1n) is 8.51. The number of amides is 1. The van der Waals surface area contributed by atoms with E-state index in [0.29, 0.717) is 6.61 Å². The van der Waals surface area contributed by atoms with Gasteiger partial charge in [-0.05, 0) is 53.9 Å². The molecule has 0 radical (unpaired) electrons. The number of halogens is 2. The molecule has 0 fully saturated rings. The number of nitrogens with one attached hydrogen (secondary N) is 1. The van der Waals surface area contributed by atoms with Crippen LogP contribution in [0.15, 0.2) is 48.7 Å². The standard InChI is InChI=1S/C21H16F2N2O2/c1-12-9-13-7-8-27-18(13)10-15(12)14-5-6-19(24-11-14)25-21(26)20-16(22)3-2-4-17(20)23/h2-6,9-11H,7-8H2,1H3,(H,24,25,26). The van der Waals surface area contributed by atoms with Gasteiger partial charge in [0.05, 0.1) is 6.61 Å². The van der Waals surface area contributed by atoms with Gasteiger partial charge in [0.25, 0.3) is 5.91 Å². The first kappa shape index (κ1) is 17.1. The maximum atomic E-state index is 13.7. The van der Waals surface area contributed by atoms with Gasteiger partial charge in [-0.25, -0.2) is 13.8 Å². The van der Waals surface area contributed by atoms with Crippen LogP contribution in [0.5, 0.6) is 5.75 Å². The molecule has 0 unspecified atom stereocenters. The Kier molecular flexibility index (Phi) is 4.32. The molecule has 1 N–H and O–H groups in total. The van der Waals surface area contributed by atoms with Gasteiger partial charge in [0.15, 0.2) is 0 Å². The second kappa shape index (κ2) is 6.79. The number of anilines is 1. The van der Waals surface area contributed by atoms with Crippen LogP contribution in [0.4, 0.5) is 14.6 Å². The van der Waals surface area contributed by atoms with Crippen LogP contribution >= 0.6 is 0 Å². The zero-order valence-corrected chi connectivity index (χ0v) is 14.6. The first-order valence-corrected chi connectivity index (χ1v) is 8.51. The summed E-state index contributed by atoms with van der Waals surface area (Å²) in [4.78, 5) is 16.3. The largest absolute Gasteiger partial charge is 0.493 e. The van der Waals surface area contributed by atoms with Crippen LogP contribution in [0, 0.1) is 18.6 Å². The van der Waals surface area contributed by atoms with Crippen molar-refractivity contribution >= 4 is 11.7 Å². The number of hydrogen-bond acceptors (Lipinski definition) is 3. The summed E-state index contributed by atoms with van der Waals surface area (Å²) >= 11 is 0. The minimum absolute atomic E-state index is 0.210. The van der Waals surface area contributed by atoms with Crippen molar-refractivity contribution in [2.24, 2.45) is 0 Å². The molecule has 27 heavy (non-hydrogen) atoms. The molecule has 4 nitrogen and oxygen atoms in total. The lowest BCUT2D eigenvalue weighted by molar-refractivity contribution is 0.101. The third kappa shape index (κ3) is 3.26. The average molecular weight is 366 g/mol. The highest BCUT2D eigenvalue weighted by Crippen LogP contribution is 2.34. The minimum atomic E-state index is -0.919. The van der Waals surface area contributed by atoms with Crippen LogP contribution in [-0.4, -0.2) is 17.5 Å². The summed E-state index contributed by atoms with van der Waals surface area (Å²) in [6.07, 6.45) is 2.52. The van der Waals surface area contributed by atoms with E-state index in [0.717, 1.165) is 41.0 Å². The predicted octanol–water partition coefficient (Wildman–Crippen LogP) is 4.52. The molecular weight excluding hydrogens is 350 g/mol. The van der Waals surface area contributed by atoms with Crippen molar-refractivity contribution in [2.75, 3.05) is 11.9 Å². The number of pyridine rings is 1. The number of benzene rings is 2. The zero-order valence-electron chi connectivity index (χ0n) is 14.6. The molecule has 0 saturated carbocycles. The monoisotopic (exact) mass is 366 g/mol. The number of nitrogens with zero attached hydrogens (tertiary/aromatic N) is 1. The minimum Gasteiger partial charge on any atom is -0.493 e. The highest BCUT2D eigenvalue weighted by molar-refractivity contribution is 6.04. The van der Waals surface area contributed by atoms with Gasteiger partial charge in [0.2, 0.25) is 0 Å². The Morgan fingerprint density at radius 3 is 2.63 bits per heavy atom. The Labute approximate surface area is 154 Å². The molecule has 0 aliphatic carbocycles. The Hall–Kier alpha value is -3.28. The molecular formula is C21H16F2N2O2. The van der Waals surface area contributed by atoms with E-state index < -0.39 is 23.1 Å². The van der Waals surface area contributed by atoms with Crippen LogP contribution in [0.3, 0.4) is 0 Å². The van der Waals surface area contributed by atoms with Crippen molar-refractivity contribution in [2.45, 2.75) is 13.3 Å². The van der Waals surface area contributed by atoms with E-state index >= 15 is 0 Å². The second-order valence-electron chi connectivity index (χ2n) is 6.36. The van der Waals surface area contributed by atoms with Gasteiger partial charge in [0, 0.05) is 18.2 Å². The molecule has 0 saturated heterocycles. The molecule has 0 spiro atoms. The molecule has 0 atom stereocenters. The first-order chi connectivity index (χ1) is 13.0. The van der Waals surface area contributed by atoms with Crippen molar-refractivity contribution in [3.8, 4) is 16.9 Å². The number of aromatic nitrogens is 1. The Balaban J connectivity index is 1.57. The number of carbonyl (C=O) groups is 1. The van der Waals surface area contributed by atoms with Gasteiger partial charge in [-0.2, -0.15) is 0 Å². The average Bonchev–Trinajstić information content (AvgIpc) is 3.09. The SMILES string of the molecule is Cc1cc2c(cc1-c1ccc(NC(=O)c3c(F)cccc3F)nc1)OCC2. The zero-order chi connectivity index (χ0) is 19.0. The van der Waals surface area contributed by atoms with E-state index in [4.69, 9.17) is 4.74 Å². The maximum Gasteiger partial charge on any atom is 0.262 e. The smallest absolute Gasteiger partial charge is 0.262 e. The van der Waals surface area contributed by atoms with Crippen molar-refractivity contribution in [1.29, 1.82) is 0 Å². The highest BCUT2D eigenvalue weighted by atomic mass is 19.1. The number of ether oxygens (including phenoxy) is 1. The van der Waals surface area contributed by atoms with Crippen LogP contribution in [0.2, 0.25) is 0 Å². The third-order valence-electron chi connectivity index (χ3n) is 4.54. The van der Waals surface area contributed by atoms with Crippen molar-refractivity contribution in [1.82, 2.24) is 4.98 Å². The normalized spacial score (nSPS) is 12.4. The fourth-order valence-corrected chi connectivity index (χ4v) is 3.18. The molecule has 1 amide bonds. The van der Waals surface area contributed by atoms with Gasteiger partial charge in [-0.15, -0.1) is 0 Å². The van der Waals surface area contributed by atoms with E-state index in [2.05, 4.69) is 16.4 Å². The van der Waals surface area contributed by atoms with Gasteiger partial charge in [-0.1, -0.05) is 12.1 Å². The molecule has 1 aliphatic heterocycles. The summed E-state index contributed by atoms with van der Waals surface area (Å²) in [7, 11) is 0. The van der Waals surface area contributed by atoms with Crippen molar-refractivity contribution < 1.29 is 18.3 Å². The lowest BCUT2D eigenvalue weighted by Gasteiger charge is -2.10. The summed E-state index contributed by atoms with van der Waals surface area (Å²) < 4.78 is 33.0.